The smallest absolute Gasteiger partial charge is 0.255 e. The minimum atomic E-state index is -0.703. The molecule has 1 fully saturated rings. The Balaban J connectivity index is 1.77. The van der Waals surface area contributed by atoms with Crippen molar-refractivity contribution < 1.29 is 14.3 Å². The molecular weight excluding hydrogens is 448 g/mol. The molecular formula is C24H24N8O3. The van der Waals surface area contributed by atoms with Crippen LogP contribution in [0.5, 0.6) is 0 Å². The Labute approximate surface area is 201 Å². The summed E-state index contributed by atoms with van der Waals surface area (Å²) >= 11 is 0. The molecule has 3 N–H and O–H groups in total. The molecule has 4 rings (SSSR count). The monoisotopic (exact) mass is 472 g/mol. The zero-order valence-electron chi connectivity index (χ0n) is 19.4. The number of fused-ring (bicyclic) bond motifs is 1. The number of carbonyl (C=O) groups excluding carboxylic acids is 2. The Morgan fingerprint density at radius 1 is 1.37 bits per heavy atom. The Kier molecular flexibility index (Phi) is 6.53. The van der Waals surface area contributed by atoms with Gasteiger partial charge in [-0.1, -0.05) is 12.6 Å². The van der Waals surface area contributed by atoms with Crippen LogP contribution in [-0.2, 0) is 9.53 Å². The number of likely N-dealkylation sites (tertiary alicyclic amines) is 1. The van der Waals surface area contributed by atoms with E-state index in [4.69, 9.17) is 10.5 Å². The second kappa shape index (κ2) is 9.71. The molecule has 4 heterocycles. The lowest BCUT2D eigenvalue weighted by atomic mass is 10.1. The summed E-state index contributed by atoms with van der Waals surface area (Å²) in [5, 5.41) is 17.2. The number of primary amides is 1. The van der Waals surface area contributed by atoms with Gasteiger partial charge in [0.25, 0.3) is 5.91 Å². The normalized spacial score (nSPS) is 17.0. The highest BCUT2D eigenvalue weighted by Gasteiger charge is 2.37. The maximum absolute atomic E-state index is 12.4. The fourth-order valence-electron chi connectivity index (χ4n) is 4.37. The zero-order chi connectivity index (χ0) is 25.1. The minimum absolute atomic E-state index is 0.124. The number of nitriles is 1. The van der Waals surface area contributed by atoms with Gasteiger partial charge >= 0.3 is 0 Å². The highest BCUT2D eigenvalue weighted by molar-refractivity contribution is 6.00. The van der Waals surface area contributed by atoms with E-state index in [9.17, 15) is 14.9 Å². The zero-order valence-corrected chi connectivity index (χ0v) is 19.4. The van der Waals surface area contributed by atoms with Gasteiger partial charge in [-0.2, -0.15) is 10.4 Å². The van der Waals surface area contributed by atoms with Crippen LogP contribution in [0.1, 0.15) is 39.9 Å². The van der Waals surface area contributed by atoms with Crippen molar-refractivity contribution in [2.45, 2.75) is 18.5 Å². The number of hydrogen-bond donors (Lipinski definition) is 2. The molecule has 0 unspecified atom stereocenters. The standard InChI is InChI=1S/C24H24N8O3/c1-4-21(33)31-13-15(11-16(31)14-35-3)32-24(27-2)22(23(26)34)18(29-32)9-8-17-19(12-25)30-10-6-5-7-20(30)28-17/h4-7,10,15-16,27H,1,11,13-14H2,2-3H3,(H2,26,34)/t15-,16+/m0/s1. The van der Waals surface area contributed by atoms with Crippen molar-refractivity contribution in [2.75, 3.05) is 32.6 Å². The Morgan fingerprint density at radius 2 is 2.14 bits per heavy atom. The lowest BCUT2D eigenvalue weighted by Gasteiger charge is -2.22. The first kappa shape index (κ1) is 23.5. The third kappa shape index (κ3) is 4.21. The number of amides is 2. The number of imidazole rings is 1. The van der Waals surface area contributed by atoms with Crippen molar-refractivity contribution in [2.24, 2.45) is 5.73 Å². The number of carbonyl (C=O) groups is 2. The molecule has 2 atom stereocenters. The van der Waals surface area contributed by atoms with E-state index in [0.29, 0.717) is 31.0 Å². The number of anilines is 1. The maximum atomic E-state index is 12.4. The van der Waals surface area contributed by atoms with Gasteiger partial charge in [0, 0.05) is 26.9 Å². The van der Waals surface area contributed by atoms with Crippen LogP contribution in [0.4, 0.5) is 5.82 Å². The second-order valence-corrected chi connectivity index (χ2v) is 7.92. The molecule has 0 bridgehead atoms. The summed E-state index contributed by atoms with van der Waals surface area (Å²) in [6, 6.07) is 7.06. The van der Waals surface area contributed by atoms with E-state index in [-0.39, 0.29) is 40.6 Å². The quantitative estimate of drug-likeness (QED) is 0.401. The number of nitrogens with zero attached hydrogens (tertiary/aromatic N) is 6. The first-order valence-electron chi connectivity index (χ1n) is 10.8. The average Bonchev–Trinajstić information content (AvgIpc) is 3.54. The van der Waals surface area contributed by atoms with Crippen LogP contribution in [0.25, 0.3) is 5.65 Å². The molecule has 0 radical (unpaired) electrons. The summed E-state index contributed by atoms with van der Waals surface area (Å²) in [4.78, 5) is 30.8. The van der Waals surface area contributed by atoms with Crippen LogP contribution in [0.3, 0.4) is 0 Å². The molecule has 1 saturated heterocycles. The Bertz CT molecular complexity index is 1420. The second-order valence-electron chi connectivity index (χ2n) is 7.92. The van der Waals surface area contributed by atoms with Crippen molar-refractivity contribution in [1.29, 1.82) is 5.26 Å². The van der Waals surface area contributed by atoms with Crippen LogP contribution < -0.4 is 11.1 Å². The fraction of sp³-hybridized carbons (Fsp3) is 0.292. The summed E-state index contributed by atoms with van der Waals surface area (Å²) in [6.07, 6.45) is 3.54. The molecule has 3 aromatic heterocycles. The number of hydrogen-bond acceptors (Lipinski definition) is 7. The highest BCUT2D eigenvalue weighted by atomic mass is 16.5. The van der Waals surface area contributed by atoms with E-state index >= 15 is 0 Å². The van der Waals surface area contributed by atoms with Crippen LogP contribution in [-0.4, -0.2) is 69.2 Å². The number of pyridine rings is 1. The molecule has 0 aliphatic carbocycles. The molecule has 2 amide bonds. The van der Waals surface area contributed by atoms with E-state index < -0.39 is 5.91 Å². The first-order chi connectivity index (χ1) is 16.9. The molecule has 178 valence electrons. The molecule has 35 heavy (non-hydrogen) atoms. The van der Waals surface area contributed by atoms with E-state index in [2.05, 4.69) is 39.9 Å². The molecule has 0 spiro atoms. The molecule has 0 saturated carbocycles. The van der Waals surface area contributed by atoms with Gasteiger partial charge in [-0.25, -0.2) is 9.67 Å². The van der Waals surface area contributed by atoms with Crippen molar-refractivity contribution in [3.63, 3.8) is 0 Å². The summed E-state index contributed by atoms with van der Waals surface area (Å²) in [7, 11) is 3.23. The van der Waals surface area contributed by atoms with Crippen LogP contribution in [0, 0.1) is 23.2 Å². The van der Waals surface area contributed by atoms with Gasteiger partial charge in [-0.15, -0.1) is 0 Å². The third-order valence-corrected chi connectivity index (χ3v) is 5.88. The summed E-state index contributed by atoms with van der Waals surface area (Å²) < 4.78 is 8.56. The predicted octanol–water partition coefficient (Wildman–Crippen LogP) is 0.917. The lowest BCUT2D eigenvalue weighted by Crippen LogP contribution is -2.37. The number of methoxy groups -OCH3 is 1. The van der Waals surface area contributed by atoms with Crippen molar-refractivity contribution in [3.05, 3.63) is 59.7 Å². The minimum Gasteiger partial charge on any atom is -0.383 e. The highest BCUT2D eigenvalue weighted by Crippen LogP contribution is 2.32. The topological polar surface area (TPSA) is 144 Å². The van der Waals surface area contributed by atoms with E-state index in [1.165, 1.54) is 6.08 Å². The molecule has 1 aliphatic rings. The molecule has 1 aliphatic heterocycles. The number of rotatable bonds is 6. The fourth-order valence-corrected chi connectivity index (χ4v) is 4.37. The Morgan fingerprint density at radius 3 is 2.80 bits per heavy atom. The van der Waals surface area contributed by atoms with Gasteiger partial charge < -0.3 is 20.7 Å². The number of ether oxygens (including phenoxy) is 1. The van der Waals surface area contributed by atoms with Crippen LogP contribution >= 0.6 is 0 Å². The molecule has 0 aromatic carbocycles. The number of aromatic nitrogens is 4. The van der Waals surface area contributed by atoms with Gasteiger partial charge in [-0.3, -0.25) is 14.0 Å². The van der Waals surface area contributed by atoms with E-state index in [1.807, 2.05) is 6.07 Å². The first-order valence-corrected chi connectivity index (χ1v) is 10.8. The largest absolute Gasteiger partial charge is 0.383 e. The van der Waals surface area contributed by atoms with Gasteiger partial charge in [-0.05, 0) is 36.5 Å². The van der Waals surface area contributed by atoms with E-state index in [0.717, 1.165) is 0 Å². The average molecular weight is 473 g/mol. The van der Waals surface area contributed by atoms with Gasteiger partial charge in [0.15, 0.2) is 17.1 Å². The molecule has 3 aromatic rings. The summed E-state index contributed by atoms with van der Waals surface area (Å²) in [6.45, 7) is 4.28. The predicted molar refractivity (Wildman–Crippen MR) is 127 cm³/mol. The van der Waals surface area contributed by atoms with Gasteiger partial charge in [0.05, 0.1) is 18.7 Å². The number of nitrogens with two attached hydrogens (primary N) is 1. The molecule has 11 heteroatoms. The summed E-state index contributed by atoms with van der Waals surface area (Å²) in [5.41, 5.74) is 7.08. The number of nitrogens with one attached hydrogen (secondary N) is 1. The van der Waals surface area contributed by atoms with Crippen molar-refractivity contribution in [1.82, 2.24) is 24.1 Å². The van der Waals surface area contributed by atoms with Crippen molar-refractivity contribution in [3.8, 4) is 17.9 Å². The lowest BCUT2D eigenvalue weighted by molar-refractivity contribution is -0.127. The summed E-state index contributed by atoms with van der Waals surface area (Å²) in [5.74, 6) is 5.23. The molecule has 11 nitrogen and oxygen atoms in total. The van der Waals surface area contributed by atoms with E-state index in [1.54, 1.807) is 46.5 Å². The van der Waals surface area contributed by atoms with Crippen LogP contribution in [0.2, 0.25) is 0 Å². The van der Waals surface area contributed by atoms with Crippen LogP contribution in [0.15, 0.2) is 37.1 Å². The SMILES string of the molecule is C=CC(=O)N1C[C@@H](n2nc(C#Cc3nc4ccccn4c3C#N)c(C(N)=O)c2NC)C[C@@H]1COC. The van der Waals surface area contributed by atoms with Crippen molar-refractivity contribution >= 4 is 23.3 Å². The van der Waals surface area contributed by atoms with Gasteiger partial charge in [0.2, 0.25) is 5.91 Å². The third-order valence-electron chi connectivity index (χ3n) is 5.88. The Hall–Kier alpha value is -4.61. The maximum Gasteiger partial charge on any atom is 0.255 e. The van der Waals surface area contributed by atoms with Gasteiger partial charge in [0.1, 0.15) is 23.1 Å².